The monoisotopic (exact) mass is 287 g/mol. The largest absolute Gasteiger partial charge is 0.355 e. The van der Waals surface area contributed by atoms with E-state index in [1.54, 1.807) is 12.1 Å². The second-order valence-corrected chi connectivity index (χ2v) is 5.54. The Morgan fingerprint density at radius 1 is 1.14 bits per heavy atom. The summed E-state index contributed by atoms with van der Waals surface area (Å²) in [5.74, 6) is 0.712. The zero-order valence-electron chi connectivity index (χ0n) is 12.8. The number of benzene rings is 1. The normalized spacial score (nSPS) is 10.9. The van der Waals surface area contributed by atoms with Gasteiger partial charge in [0, 0.05) is 32.4 Å². The highest BCUT2D eigenvalue weighted by Crippen LogP contribution is 2.14. The van der Waals surface area contributed by atoms with Crippen LogP contribution in [0, 0.1) is 5.82 Å². The summed E-state index contributed by atoms with van der Waals surface area (Å²) in [6.07, 6.45) is 1.83. The van der Waals surface area contributed by atoms with Crippen LogP contribution in [0.2, 0.25) is 0 Å². The molecule has 1 N–H and O–H groups in total. The van der Waals surface area contributed by atoms with E-state index in [-0.39, 0.29) is 5.82 Å². The summed E-state index contributed by atoms with van der Waals surface area (Å²) in [5, 5.41) is 3.40. The first-order valence-electron chi connectivity index (χ1n) is 7.18. The maximum atomic E-state index is 12.9. The molecule has 0 aliphatic carbocycles. The van der Waals surface area contributed by atoms with Crippen molar-refractivity contribution in [2.75, 3.05) is 11.9 Å². The second-order valence-electron chi connectivity index (χ2n) is 5.54. The Morgan fingerprint density at radius 3 is 2.52 bits per heavy atom. The fourth-order valence-corrected chi connectivity index (χ4v) is 2.05. The number of pyridine rings is 1. The third-order valence-electron chi connectivity index (χ3n) is 3.25. The number of hydrogen-bond donors (Lipinski definition) is 1. The zero-order valence-corrected chi connectivity index (χ0v) is 12.8. The van der Waals surface area contributed by atoms with E-state index >= 15 is 0 Å². The van der Waals surface area contributed by atoms with Crippen LogP contribution in [0.3, 0.4) is 0 Å². The summed E-state index contributed by atoms with van der Waals surface area (Å²) >= 11 is 0. The molecule has 2 rings (SSSR count). The van der Waals surface area contributed by atoms with Crippen molar-refractivity contribution in [3.63, 3.8) is 0 Å². The molecule has 0 aliphatic heterocycles. The molecule has 1 aromatic heterocycles. The maximum absolute atomic E-state index is 12.9. The molecule has 0 saturated heterocycles. The van der Waals surface area contributed by atoms with Gasteiger partial charge in [-0.15, -0.1) is 0 Å². The number of nitrogens with one attached hydrogen (secondary N) is 1. The molecule has 0 unspecified atom stereocenters. The predicted octanol–water partition coefficient (Wildman–Crippen LogP) is 3.36. The van der Waals surface area contributed by atoms with Crippen molar-refractivity contribution in [3.05, 3.63) is 59.5 Å². The molecule has 0 saturated carbocycles. The molecular weight excluding hydrogens is 265 g/mol. The van der Waals surface area contributed by atoms with Crippen LogP contribution >= 0.6 is 0 Å². The van der Waals surface area contributed by atoms with Crippen molar-refractivity contribution in [3.8, 4) is 0 Å². The van der Waals surface area contributed by atoms with Crippen LogP contribution in [0.5, 0.6) is 0 Å². The number of aromatic nitrogens is 1. The molecule has 0 bridgehead atoms. The summed E-state index contributed by atoms with van der Waals surface area (Å²) in [4.78, 5) is 6.47. The first-order chi connectivity index (χ1) is 10.0. The van der Waals surface area contributed by atoms with Crippen LogP contribution in [0.1, 0.15) is 25.0 Å². The fourth-order valence-electron chi connectivity index (χ4n) is 2.05. The van der Waals surface area contributed by atoms with Gasteiger partial charge in [0.25, 0.3) is 0 Å². The van der Waals surface area contributed by atoms with Crippen LogP contribution in [0.15, 0.2) is 42.6 Å². The predicted molar refractivity (Wildman–Crippen MR) is 84.7 cm³/mol. The van der Waals surface area contributed by atoms with Crippen LogP contribution in [-0.2, 0) is 13.1 Å². The Hall–Kier alpha value is -1.94. The molecule has 0 radical (unpaired) electrons. The average molecular weight is 287 g/mol. The van der Waals surface area contributed by atoms with Gasteiger partial charge in [-0.2, -0.15) is 0 Å². The average Bonchev–Trinajstić information content (AvgIpc) is 2.48. The highest BCUT2D eigenvalue weighted by Gasteiger charge is 2.05. The molecule has 2 aromatic rings. The minimum atomic E-state index is -0.207. The summed E-state index contributed by atoms with van der Waals surface area (Å²) in [6, 6.07) is 11.1. The van der Waals surface area contributed by atoms with Gasteiger partial charge in [0.05, 0.1) is 0 Å². The summed E-state index contributed by atoms with van der Waals surface area (Å²) in [6.45, 7) is 5.79. The second kappa shape index (κ2) is 7.18. The molecule has 0 spiro atoms. The van der Waals surface area contributed by atoms with E-state index in [0.29, 0.717) is 12.6 Å². The van der Waals surface area contributed by atoms with Crippen molar-refractivity contribution >= 4 is 5.82 Å². The minimum Gasteiger partial charge on any atom is -0.355 e. The van der Waals surface area contributed by atoms with E-state index in [9.17, 15) is 4.39 Å². The van der Waals surface area contributed by atoms with Gasteiger partial charge < -0.3 is 10.2 Å². The topological polar surface area (TPSA) is 28.2 Å². The zero-order chi connectivity index (χ0) is 15.2. The van der Waals surface area contributed by atoms with Gasteiger partial charge in [-0.05, 0) is 35.4 Å². The van der Waals surface area contributed by atoms with Crippen LogP contribution in [0.4, 0.5) is 10.2 Å². The molecule has 21 heavy (non-hydrogen) atoms. The highest BCUT2D eigenvalue weighted by molar-refractivity contribution is 5.41. The smallest absolute Gasteiger partial charge is 0.128 e. The van der Waals surface area contributed by atoms with Gasteiger partial charge in [-0.3, -0.25) is 0 Å². The third kappa shape index (κ3) is 4.83. The van der Waals surface area contributed by atoms with Crippen molar-refractivity contribution in [2.24, 2.45) is 0 Å². The van der Waals surface area contributed by atoms with E-state index in [4.69, 9.17) is 0 Å². The standard InChI is InChI=1S/C17H22FN3/c1-13(2)20-11-15-8-9-19-17(10-15)21(3)12-14-4-6-16(18)7-5-14/h4-10,13,20H,11-12H2,1-3H3. The molecular formula is C17H22FN3. The van der Waals surface area contributed by atoms with Gasteiger partial charge in [-0.1, -0.05) is 26.0 Å². The summed E-state index contributed by atoms with van der Waals surface area (Å²) in [7, 11) is 1.99. The minimum absolute atomic E-state index is 0.207. The molecule has 0 fully saturated rings. The Balaban J connectivity index is 2.03. The lowest BCUT2D eigenvalue weighted by Crippen LogP contribution is -2.22. The maximum Gasteiger partial charge on any atom is 0.128 e. The molecule has 0 amide bonds. The molecule has 112 valence electrons. The van der Waals surface area contributed by atoms with Crippen LogP contribution in [0.25, 0.3) is 0 Å². The molecule has 1 heterocycles. The SMILES string of the molecule is CC(C)NCc1ccnc(N(C)Cc2ccc(F)cc2)c1. The van der Waals surface area contributed by atoms with Gasteiger partial charge in [0.1, 0.15) is 11.6 Å². The lowest BCUT2D eigenvalue weighted by molar-refractivity contribution is 0.588. The van der Waals surface area contributed by atoms with Crippen molar-refractivity contribution in [1.29, 1.82) is 0 Å². The highest BCUT2D eigenvalue weighted by atomic mass is 19.1. The van der Waals surface area contributed by atoms with Gasteiger partial charge in [-0.25, -0.2) is 9.37 Å². The number of nitrogens with zero attached hydrogens (tertiary/aromatic N) is 2. The van der Waals surface area contributed by atoms with Crippen LogP contribution in [-0.4, -0.2) is 18.1 Å². The summed E-state index contributed by atoms with van der Waals surface area (Å²) in [5.41, 5.74) is 2.27. The van der Waals surface area contributed by atoms with Crippen LogP contribution < -0.4 is 10.2 Å². The molecule has 1 aromatic carbocycles. The first-order valence-corrected chi connectivity index (χ1v) is 7.18. The first kappa shape index (κ1) is 15.4. The Morgan fingerprint density at radius 2 is 1.86 bits per heavy atom. The lowest BCUT2D eigenvalue weighted by Gasteiger charge is -2.19. The van der Waals surface area contributed by atoms with Crippen molar-refractivity contribution in [2.45, 2.75) is 33.0 Å². The molecule has 4 heteroatoms. The lowest BCUT2D eigenvalue weighted by atomic mass is 10.2. The Kier molecular flexibility index (Phi) is 5.28. The van der Waals surface area contributed by atoms with Gasteiger partial charge in [0.15, 0.2) is 0 Å². The van der Waals surface area contributed by atoms with E-state index in [1.165, 1.54) is 17.7 Å². The van der Waals surface area contributed by atoms with Gasteiger partial charge in [0.2, 0.25) is 0 Å². The molecule has 3 nitrogen and oxygen atoms in total. The van der Waals surface area contributed by atoms with Crippen molar-refractivity contribution in [1.82, 2.24) is 10.3 Å². The fraction of sp³-hybridized carbons (Fsp3) is 0.353. The Labute approximate surface area is 125 Å². The third-order valence-corrected chi connectivity index (χ3v) is 3.25. The quantitative estimate of drug-likeness (QED) is 0.883. The van der Waals surface area contributed by atoms with E-state index in [0.717, 1.165) is 17.9 Å². The Bertz CT molecular complexity index is 567. The summed E-state index contributed by atoms with van der Waals surface area (Å²) < 4.78 is 12.9. The van der Waals surface area contributed by atoms with E-state index in [1.807, 2.05) is 19.3 Å². The van der Waals surface area contributed by atoms with Gasteiger partial charge >= 0.3 is 0 Å². The number of halogens is 1. The van der Waals surface area contributed by atoms with E-state index < -0.39 is 0 Å². The number of anilines is 1. The molecule has 0 atom stereocenters. The van der Waals surface area contributed by atoms with Crippen molar-refractivity contribution < 1.29 is 4.39 Å². The number of hydrogen-bond acceptors (Lipinski definition) is 3. The molecule has 0 aliphatic rings. The number of rotatable bonds is 6. The van der Waals surface area contributed by atoms with E-state index in [2.05, 4.69) is 35.1 Å².